The molecule has 0 spiro atoms. The molecule has 1 amide bonds. The van der Waals surface area contributed by atoms with Gasteiger partial charge in [-0.1, -0.05) is 30.3 Å². The molecule has 0 bridgehead atoms. The van der Waals surface area contributed by atoms with Crippen LogP contribution >= 0.6 is 0 Å². The van der Waals surface area contributed by atoms with E-state index in [4.69, 9.17) is 0 Å². The van der Waals surface area contributed by atoms with Crippen molar-refractivity contribution in [3.8, 4) is 0 Å². The summed E-state index contributed by atoms with van der Waals surface area (Å²) in [6, 6.07) is 12.9. The maximum atomic E-state index is 13.0. The first-order valence-electron chi connectivity index (χ1n) is 7.65. The molecule has 0 aliphatic rings. The molecule has 1 aromatic heterocycles. The van der Waals surface area contributed by atoms with Crippen molar-refractivity contribution in [2.24, 2.45) is 0 Å². The lowest BCUT2D eigenvalue weighted by atomic mass is 10.1. The number of hydrogen-bond donors (Lipinski definition) is 1. The van der Waals surface area contributed by atoms with Gasteiger partial charge in [0, 0.05) is 17.3 Å². The number of pyridine rings is 1. The highest BCUT2D eigenvalue weighted by Crippen LogP contribution is 2.33. The molecule has 25 heavy (non-hydrogen) atoms. The van der Waals surface area contributed by atoms with Crippen LogP contribution in [0.5, 0.6) is 0 Å². The molecule has 0 aliphatic carbocycles. The Bertz CT molecular complexity index is 930. The van der Waals surface area contributed by atoms with Gasteiger partial charge in [0.2, 0.25) is 5.91 Å². The number of benzene rings is 2. The standard InChI is InChI=1S/C19H15F3N2O/c1-12-7-8-15(11-16(12)19(20,21)22)24-17(25)10-14-5-2-4-13-6-3-9-23-18(13)14/h2-9,11H,10H2,1H3,(H,24,25). The Balaban J connectivity index is 1.81. The Kier molecular flexibility index (Phi) is 4.44. The molecule has 3 nitrogen and oxygen atoms in total. The average Bonchev–Trinajstić information content (AvgIpc) is 2.56. The van der Waals surface area contributed by atoms with Crippen molar-refractivity contribution in [1.29, 1.82) is 0 Å². The molecule has 0 unspecified atom stereocenters. The van der Waals surface area contributed by atoms with E-state index in [9.17, 15) is 18.0 Å². The number of para-hydroxylation sites is 1. The van der Waals surface area contributed by atoms with E-state index < -0.39 is 17.6 Å². The van der Waals surface area contributed by atoms with E-state index >= 15 is 0 Å². The summed E-state index contributed by atoms with van der Waals surface area (Å²) in [4.78, 5) is 16.5. The van der Waals surface area contributed by atoms with Crippen LogP contribution in [-0.4, -0.2) is 10.9 Å². The molecule has 0 saturated heterocycles. The van der Waals surface area contributed by atoms with Crippen molar-refractivity contribution >= 4 is 22.5 Å². The summed E-state index contributed by atoms with van der Waals surface area (Å²) in [5.41, 5.74) is 0.913. The Morgan fingerprint density at radius 2 is 1.88 bits per heavy atom. The van der Waals surface area contributed by atoms with Crippen LogP contribution in [0.15, 0.2) is 54.7 Å². The van der Waals surface area contributed by atoms with Crippen LogP contribution in [0.3, 0.4) is 0 Å². The van der Waals surface area contributed by atoms with E-state index in [1.165, 1.54) is 19.1 Å². The number of carbonyl (C=O) groups is 1. The molecule has 6 heteroatoms. The average molecular weight is 344 g/mol. The highest BCUT2D eigenvalue weighted by atomic mass is 19.4. The van der Waals surface area contributed by atoms with E-state index in [-0.39, 0.29) is 17.7 Å². The number of carbonyl (C=O) groups excluding carboxylic acids is 1. The molecular weight excluding hydrogens is 329 g/mol. The second-order valence-electron chi connectivity index (χ2n) is 5.74. The van der Waals surface area contributed by atoms with Crippen LogP contribution in [-0.2, 0) is 17.4 Å². The van der Waals surface area contributed by atoms with Gasteiger partial charge < -0.3 is 5.32 Å². The fourth-order valence-electron chi connectivity index (χ4n) is 2.69. The van der Waals surface area contributed by atoms with E-state index in [1.807, 2.05) is 18.2 Å². The number of amides is 1. The molecule has 0 aliphatic heterocycles. The number of aromatic nitrogens is 1. The zero-order valence-electron chi connectivity index (χ0n) is 13.4. The zero-order chi connectivity index (χ0) is 18.0. The summed E-state index contributed by atoms with van der Waals surface area (Å²) in [5, 5.41) is 3.43. The molecule has 128 valence electrons. The number of rotatable bonds is 3. The number of alkyl halides is 3. The van der Waals surface area contributed by atoms with Gasteiger partial charge in [0.1, 0.15) is 0 Å². The van der Waals surface area contributed by atoms with Gasteiger partial charge in [-0.15, -0.1) is 0 Å². The quantitative estimate of drug-likeness (QED) is 0.745. The van der Waals surface area contributed by atoms with Crippen molar-refractivity contribution in [3.05, 3.63) is 71.4 Å². The van der Waals surface area contributed by atoms with Crippen molar-refractivity contribution in [2.75, 3.05) is 5.32 Å². The van der Waals surface area contributed by atoms with Gasteiger partial charge in [-0.05, 0) is 36.2 Å². The van der Waals surface area contributed by atoms with Gasteiger partial charge in [-0.3, -0.25) is 9.78 Å². The molecule has 0 fully saturated rings. The third kappa shape index (κ3) is 3.79. The van der Waals surface area contributed by atoms with E-state index in [0.29, 0.717) is 5.52 Å². The first-order valence-corrected chi connectivity index (χ1v) is 7.65. The van der Waals surface area contributed by atoms with Gasteiger partial charge in [-0.25, -0.2) is 0 Å². The van der Waals surface area contributed by atoms with Gasteiger partial charge in [-0.2, -0.15) is 13.2 Å². The minimum absolute atomic E-state index is 0.0313. The fraction of sp³-hybridized carbons (Fsp3) is 0.158. The summed E-state index contributed by atoms with van der Waals surface area (Å²) in [7, 11) is 0. The molecule has 0 saturated carbocycles. The van der Waals surface area contributed by atoms with Crippen molar-refractivity contribution in [1.82, 2.24) is 4.98 Å². The summed E-state index contributed by atoms with van der Waals surface area (Å²) in [6.07, 6.45) is -2.78. The molecule has 3 aromatic rings. The molecule has 1 N–H and O–H groups in total. The van der Waals surface area contributed by atoms with E-state index in [2.05, 4.69) is 10.3 Å². The molecular formula is C19H15F3N2O. The smallest absolute Gasteiger partial charge is 0.326 e. The Hall–Kier alpha value is -2.89. The first-order chi connectivity index (χ1) is 11.8. The summed E-state index contributed by atoms with van der Waals surface area (Å²) in [5.74, 6) is -0.393. The molecule has 2 aromatic carbocycles. The summed E-state index contributed by atoms with van der Waals surface area (Å²) < 4.78 is 38.9. The number of anilines is 1. The van der Waals surface area contributed by atoms with Gasteiger partial charge in [0.25, 0.3) is 0 Å². The molecule has 1 heterocycles. The lowest BCUT2D eigenvalue weighted by Crippen LogP contribution is -2.16. The first kappa shape index (κ1) is 17.0. The zero-order valence-corrected chi connectivity index (χ0v) is 13.4. The van der Waals surface area contributed by atoms with Crippen LogP contribution in [0.1, 0.15) is 16.7 Å². The summed E-state index contributed by atoms with van der Waals surface area (Å²) >= 11 is 0. The van der Waals surface area contributed by atoms with Crippen LogP contribution in [0.4, 0.5) is 18.9 Å². The number of nitrogens with zero attached hydrogens (tertiary/aromatic N) is 1. The SMILES string of the molecule is Cc1ccc(NC(=O)Cc2cccc3cccnc23)cc1C(F)(F)F. The maximum absolute atomic E-state index is 13.0. The minimum atomic E-state index is -4.45. The number of nitrogens with one attached hydrogen (secondary N) is 1. The predicted octanol–water partition coefficient (Wildman–Crippen LogP) is 4.74. The van der Waals surface area contributed by atoms with Crippen molar-refractivity contribution in [2.45, 2.75) is 19.5 Å². The number of fused-ring (bicyclic) bond motifs is 1. The number of aryl methyl sites for hydroxylation is 1. The van der Waals surface area contributed by atoms with Crippen molar-refractivity contribution < 1.29 is 18.0 Å². The molecule has 0 radical (unpaired) electrons. The van der Waals surface area contributed by atoms with E-state index in [1.54, 1.807) is 18.3 Å². The van der Waals surface area contributed by atoms with Gasteiger partial charge >= 0.3 is 6.18 Å². The Morgan fingerprint density at radius 1 is 1.12 bits per heavy atom. The second-order valence-corrected chi connectivity index (χ2v) is 5.74. The van der Waals surface area contributed by atoms with Crippen LogP contribution in [0, 0.1) is 6.92 Å². The second kappa shape index (κ2) is 6.55. The predicted molar refractivity (Wildman–Crippen MR) is 90.3 cm³/mol. The number of hydrogen-bond acceptors (Lipinski definition) is 2. The highest BCUT2D eigenvalue weighted by molar-refractivity contribution is 5.95. The van der Waals surface area contributed by atoms with Crippen LogP contribution in [0.25, 0.3) is 10.9 Å². The molecule has 0 atom stereocenters. The van der Waals surface area contributed by atoms with Crippen LogP contribution in [0.2, 0.25) is 0 Å². The topological polar surface area (TPSA) is 42.0 Å². The Morgan fingerprint density at radius 3 is 2.64 bits per heavy atom. The lowest BCUT2D eigenvalue weighted by molar-refractivity contribution is -0.138. The maximum Gasteiger partial charge on any atom is 0.416 e. The van der Waals surface area contributed by atoms with Crippen molar-refractivity contribution in [3.63, 3.8) is 0 Å². The lowest BCUT2D eigenvalue weighted by Gasteiger charge is -2.13. The number of halogens is 3. The van der Waals surface area contributed by atoms with Gasteiger partial charge in [0.05, 0.1) is 17.5 Å². The third-order valence-corrected chi connectivity index (χ3v) is 3.89. The van der Waals surface area contributed by atoms with E-state index in [0.717, 1.165) is 17.0 Å². The minimum Gasteiger partial charge on any atom is -0.326 e. The largest absolute Gasteiger partial charge is 0.416 e. The van der Waals surface area contributed by atoms with Gasteiger partial charge in [0.15, 0.2) is 0 Å². The Labute approximate surface area is 142 Å². The van der Waals surface area contributed by atoms with Crippen LogP contribution < -0.4 is 5.32 Å². The normalized spacial score (nSPS) is 11.5. The fourth-order valence-corrected chi connectivity index (χ4v) is 2.69. The third-order valence-electron chi connectivity index (χ3n) is 3.89. The molecule has 3 rings (SSSR count). The summed E-state index contributed by atoms with van der Waals surface area (Å²) in [6.45, 7) is 1.39. The monoisotopic (exact) mass is 344 g/mol. The highest BCUT2D eigenvalue weighted by Gasteiger charge is 2.32.